The Hall–Kier alpha value is -2.52. The van der Waals surface area contributed by atoms with E-state index in [0.29, 0.717) is 0 Å². The number of halogens is 1. The summed E-state index contributed by atoms with van der Waals surface area (Å²) in [5, 5.41) is 2.48. The van der Waals surface area contributed by atoms with Crippen molar-refractivity contribution in [3.05, 3.63) is 72.1 Å². The Morgan fingerprint density at radius 2 is 1.79 bits per heavy atom. The minimum Gasteiger partial charge on any atom is -0.497 e. The predicted octanol–water partition coefficient (Wildman–Crippen LogP) is 4.98. The number of ether oxygens (including phenoxy) is 1. The van der Waals surface area contributed by atoms with Gasteiger partial charge in [-0.15, -0.1) is 12.4 Å². The summed E-state index contributed by atoms with van der Waals surface area (Å²) in [6, 6.07) is 18.9. The summed E-state index contributed by atoms with van der Waals surface area (Å²) in [7, 11) is 1.71. The van der Waals surface area contributed by atoms with Gasteiger partial charge in [0.25, 0.3) is 0 Å². The fourth-order valence-electron chi connectivity index (χ4n) is 3.26. The number of aromatic nitrogens is 2. The average Bonchev–Trinajstić information content (AvgIpc) is 2.90. The van der Waals surface area contributed by atoms with Crippen molar-refractivity contribution >= 4 is 34.2 Å². The van der Waals surface area contributed by atoms with Crippen molar-refractivity contribution in [2.75, 3.05) is 7.11 Å². The molecule has 24 heavy (non-hydrogen) atoms. The zero-order chi connectivity index (χ0) is 15.8. The molecule has 0 saturated heterocycles. The van der Waals surface area contributed by atoms with Crippen LogP contribution in [0.2, 0.25) is 0 Å². The first kappa shape index (κ1) is 16.3. The van der Waals surface area contributed by atoms with Crippen LogP contribution in [0.25, 0.3) is 21.8 Å². The number of methoxy groups -OCH3 is 1. The molecule has 0 amide bonds. The summed E-state index contributed by atoms with van der Waals surface area (Å²) < 4.78 is 7.76. The maximum absolute atomic E-state index is 5.42. The highest BCUT2D eigenvalue weighted by molar-refractivity contribution is 6.09. The van der Waals surface area contributed by atoms with E-state index >= 15 is 0 Å². The average molecular weight is 339 g/mol. The molecule has 0 aliphatic heterocycles. The normalized spacial score (nSPS) is 10.8. The Kier molecular flexibility index (Phi) is 4.45. The third-order valence-electron chi connectivity index (χ3n) is 4.35. The van der Waals surface area contributed by atoms with Gasteiger partial charge in [-0.25, -0.2) is 0 Å². The molecule has 4 aromatic rings. The molecular formula is C20H19ClN2O. The number of nitrogens with zero attached hydrogens (tertiary/aromatic N) is 2. The van der Waals surface area contributed by atoms with Gasteiger partial charge in [-0.3, -0.25) is 4.98 Å². The Morgan fingerprint density at radius 3 is 2.54 bits per heavy atom. The van der Waals surface area contributed by atoms with Crippen molar-refractivity contribution in [2.24, 2.45) is 0 Å². The summed E-state index contributed by atoms with van der Waals surface area (Å²) in [5.41, 5.74) is 4.70. The van der Waals surface area contributed by atoms with Crippen molar-refractivity contribution in [1.29, 1.82) is 0 Å². The SMILES string of the molecule is COc1ccc2c3ccnc(C)c3n(Cc3ccccc3)c2c1.Cl. The van der Waals surface area contributed by atoms with Gasteiger partial charge in [-0.05, 0) is 30.7 Å². The van der Waals surface area contributed by atoms with E-state index in [2.05, 4.69) is 58.9 Å². The first-order valence-corrected chi connectivity index (χ1v) is 7.73. The molecule has 0 spiro atoms. The van der Waals surface area contributed by atoms with Crippen molar-refractivity contribution in [3.8, 4) is 5.75 Å². The maximum Gasteiger partial charge on any atom is 0.120 e. The number of aryl methyl sites for hydroxylation is 1. The summed E-state index contributed by atoms with van der Waals surface area (Å²) >= 11 is 0. The number of pyridine rings is 1. The molecule has 0 fully saturated rings. The van der Waals surface area contributed by atoms with Gasteiger partial charge in [-0.2, -0.15) is 0 Å². The van der Waals surface area contributed by atoms with Crippen LogP contribution >= 0.6 is 12.4 Å². The van der Waals surface area contributed by atoms with Crippen LogP contribution in [0, 0.1) is 6.92 Å². The van der Waals surface area contributed by atoms with Gasteiger partial charge in [-0.1, -0.05) is 30.3 Å². The third-order valence-corrected chi connectivity index (χ3v) is 4.35. The summed E-state index contributed by atoms with van der Waals surface area (Å²) in [6.45, 7) is 2.89. The molecule has 0 aliphatic rings. The molecule has 0 unspecified atom stereocenters. The maximum atomic E-state index is 5.42. The molecule has 2 aromatic carbocycles. The zero-order valence-electron chi connectivity index (χ0n) is 13.7. The van der Waals surface area contributed by atoms with Crippen LogP contribution in [0.15, 0.2) is 60.8 Å². The van der Waals surface area contributed by atoms with E-state index in [1.807, 2.05) is 18.3 Å². The number of hydrogen-bond donors (Lipinski definition) is 0. The Bertz CT molecular complexity index is 993. The topological polar surface area (TPSA) is 27.1 Å². The Morgan fingerprint density at radius 1 is 1.00 bits per heavy atom. The van der Waals surface area contributed by atoms with E-state index in [4.69, 9.17) is 4.74 Å². The van der Waals surface area contributed by atoms with Crippen molar-refractivity contribution in [2.45, 2.75) is 13.5 Å². The van der Waals surface area contributed by atoms with E-state index < -0.39 is 0 Å². The number of benzene rings is 2. The molecule has 0 atom stereocenters. The second kappa shape index (κ2) is 6.54. The van der Waals surface area contributed by atoms with E-state index in [-0.39, 0.29) is 12.4 Å². The number of rotatable bonds is 3. The second-order valence-corrected chi connectivity index (χ2v) is 5.75. The molecule has 2 aromatic heterocycles. The lowest BCUT2D eigenvalue weighted by atomic mass is 10.1. The first-order valence-electron chi connectivity index (χ1n) is 7.73. The van der Waals surface area contributed by atoms with Crippen LogP contribution in [0.5, 0.6) is 5.75 Å². The summed E-state index contributed by atoms with van der Waals surface area (Å²) in [5.74, 6) is 0.875. The van der Waals surface area contributed by atoms with Crippen LogP contribution < -0.4 is 4.74 Å². The van der Waals surface area contributed by atoms with Crippen LogP contribution in [-0.4, -0.2) is 16.7 Å². The molecule has 0 aliphatic carbocycles. The quantitative estimate of drug-likeness (QED) is 0.527. The van der Waals surface area contributed by atoms with E-state index in [9.17, 15) is 0 Å². The highest BCUT2D eigenvalue weighted by Crippen LogP contribution is 2.33. The Balaban J connectivity index is 0.00000169. The van der Waals surface area contributed by atoms with Crippen molar-refractivity contribution < 1.29 is 4.74 Å². The van der Waals surface area contributed by atoms with E-state index in [1.165, 1.54) is 27.4 Å². The largest absolute Gasteiger partial charge is 0.497 e. The van der Waals surface area contributed by atoms with Crippen LogP contribution in [0.1, 0.15) is 11.3 Å². The zero-order valence-corrected chi connectivity index (χ0v) is 14.5. The van der Waals surface area contributed by atoms with Gasteiger partial charge in [0.2, 0.25) is 0 Å². The standard InChI is InChI=1S/C20H18N2O.ClH/c1-14-20-18(10-11-21-14)17-9-8-16(23-2)12-19(17)22(20)13-15-6-4-3-5-7-15;/h3-12H,13H2,1-2H3;1H. The number of fused-ring (bicyclic) bond motifs is 3. The minimum absolute atomic E-state index is 0. The van der Waals surface area contributed by atoms with Gasteiger partial charge in [0.05, 0.1) is 23.8 Å². The smallest absolute Gasteiger partial charge is 0.120 e. The fourth-order valence-corrected chi connectivity index (χ4v) is 3.26. The van der Waals surface area contributed by atoms with Gasteiger partial charge < -0.3 is 9.30 Å². The molecule has 3 nitrogen and oxygen atoms in total. The molecule has 4 rings (SSSR count). The minimum atomic E-state index is 0. The van der Waals surface area contributed by atoms with Crippen molar-refractivity contribution in [3.63, 3.8) is 0 Å². The highest BCUT2D eigenvalue weighted by atomic mass is 35.5. The van der Waals surface area contributed by atoms with Gasteiger partial charge in [0.1, 0.15) is 5.75 Å². The summed E-state index contributed by atoms with van der Waals surface area (Å²) in [4.78, 5) is 4.50. The van der Waals surface area contributed by atoms with E-state index in [0.717, 1.165) is 18.0 Å². The van der Waals surface area contributed by atoms with Crippen LogP contribution in [-0.2, 0) is 6.54 Å². The molecule has 4 heteroatoms. The monoisotopic (exact) mass is 338 g/mol. The fraction of sp³-hybridized carbons (Fsp3) is 0.150. The van der Waals surface area contributed by atoms with Gasteiger partial charge >= 0.3 is 0 Å². The van der Waals surface area contributed by atoms with Crippen molar-refractivity contribution in [1.82, 2.24) is 9.55 Å². The lowest BCUT2D eigenvalue weighted by Crippen LogP contribution is -2.01. The molecule has 0 N–H and O–H groups in total. The van der Waals surface area contributed by atoms with Crippen LogP contribution in [0.4, 0.5) is 0 Å². The van der Waals surface area contributed by atoms with E-state index in [1.54, 1.807) is 7.11 Å². The molecule has 0 bridgehead atoms. The lowest BCUT2D eigenvalue weighted by molar-refractivity contribution is 0.415. The molecule has 122 valence electrons. The second-order valence-electron chi connectivity index (χ2n) is 5.75. The molecule has 0 radical (unpaired) electrons. The van der Waals surface area contributed by atoms with Gasteiger partial charge in [0, 0.05) is 29.6 Å². The third kappa shape index (κ3) is 2.61. The molecule has 2 heterocycles. The molecular weight excluding hydrogens is 320 g/mol. The number of hydrogen-bond acceptors (Lipinski definition) is 2. The predicted molar refractivity (Wildman–Crippen MR) is 101 cm³/mol. The van der Waals surface area contributed by atoms with Crippen LogP contribution in [0.3, 0.4) is 0 Å². The Labute approximate surface area is 147 Å². The highest BCUT2D eigenvalue weighted by Gasteiger charge is 2.14. The lowest BCUT2D eigenvalue weighted by Gasteiger charge is -2.09. The first-order chi connectivity index (χ1) is 11.3. The molecule has 0 saturated carbocycles. The van der Waals surface area contributed by atoms with Gasteiger partial charge in [0.15, 0.2) is 0 Å². The summed E-state index contributed by atoms with van der Waals surface area (Å²) in [6.07, 6.45) is 1.88.